The highest BCUT2D eigenvalue weighted by atomic mass is 19.1. The summed E-state index contributed by atoms with van der Waals surface area (Å²) >= 11 is 0. The Morgan fingerprint density at radius 3 is 2.43 bits per heavy atom. The summed E-state index contributed by atoms with van der Waals surface area (Å²) in [5.74, 6) is -1.28. The van der Waals surface area contributed by atoms with Gasteiger partial charge in [-0.3, -0.25) is 14.5 Å². The summed E-state index contributed by atoms with van der Waals surface area (Å²) in [5.41, 5.74) is 0.940. The molecule has 7 heteroatoms. The first-order valence-electron chi connectivity index (χ1n) is 9.93. The molecule has 0 spiro atoms. The zero-order valence-electron chi connectivity index (χ0n) is 17.2. The number of fused-ring (bicyclic) bond motifs is 1. The van der Waals surface area contributed by atoms with Crippen LogP contribution < -0.4 is 10.2 Å². The summed E-state index contributed by atoms with van der Waals surface area (Å²) in [4.78, 5) is 41.3. The summed E-state index contributed by atoms with van der Waals surface area (Å²) < 4.78 is 13.3. The molecule has 2 aromatic carbocycles. The standard InChI is InChI=1S/C23H24FN3O3/c1-22(2)12-13-26(18-7-5-4-6-17(18)22)19(28)14-27-20(29)23(3,25-21(27)30)15-8-10-16(24)11-9-15/h4-11H,12-14H2,1-3H3,(H,25,30). The summed E-state index contributed by atoms with van der Waals surface area (Å²) in [6, 6.07) is 12.5. The van der Waals surface area contributed by atoms with Crippen LogP contribution in [0, 0.1) is 5.82 Å². The van der Waals surface area contributed by atoms with Gasteiger partial charge >= 0.3 is 6.03 Å². The van der Waals surface area contributed by atoms with Crippen molar-refractivity contribution < 1.29 is 18.8 Å². The Balaban J connectivity index is 1.58. The largest absolute Gasteiger partial charge is 0.325 e. The number of nitrogens with zero attached hydrogens (tertiary/aromatic N) is 2. The molecule has 2 aliphatic rings. The van der Waals surface area contributed by atoms with Gasteiger partial charge in [0.05, 0.1) is 0 Å². The van der Waals surface area contributed by atoms with Crippen LogP contribution in [-0.2, 0) is 20.5 Å². The number of para-hydroxylation sites is 1. The van der Waals surface area contributed by atoms with Crippen molar-refractivity contribution in [1.82, 2.24) is 10.2 Å². The second kappa shape index (κ2) is 6.93. The topological polar surface area (TPSA) is 69.7 Å². The van der Waals surface area contributed by atoms with Gasteiger partial charge in [0.1, 0.15) is 17.9 Å². The van der Waals surface area contributed by atoms with E-state index in [2.05, 4.69) is 19.2 Å². The van der Waals surface area contributed by atoms with E-state index < -0.39 is 23.3 Å². The van der Waals surface area contributed by atoms with E-state index in [4.69, 9.17) is 0 Å². The SMILES string of the molecule is CC1(C)CCN(C(=O)CN2C(=O)NC(C)(c3ccc(F)cc3)C2=O)c2ccccc21. The molecular formula is C23H24FN3O3. The molecule has 1 saturated heterocycles. The van der Waals surface area contributed by atoms with Crippen molar-refractivity contribution in [2.24, 2.45) is 0 Å². The Hall–Kier alpha value is -3.22. The molecule has 30 heavy (non-hydrogen) atoms. The highest BCUT2D eigenvalue weighted by Gasteiger charge is 2.50. The molecule has 1 unspecified atom stereocenters. The molecule has 0 aromatic heterocycles. The first kappa shape index (κ1) is 20.1. The van der Waals surface area contributed by atoms with Crippen LogP contribution in [0.25, 0.3) is 0 Å². The number of hydrogen-bond acceptors (Lipinski definition) is 3. The van der Waals surface area contributed by atoms with Crippen LogP contribution in [0.3, 0.4) is 0 Å². The maximum Gasteiger partial charge on any atom is 0.325 e. The first-order chi connectivity index (χ1) is 14.1. The lowest BCUT2D eigenvalue weighted by atomic mass is 9.77. The van der Waals surface area contributed by atoms with Gasteiger partial charge in [0, 0.05) is 12.2 Å². The van der Waals surface area contributed by atoms with E-state index in [-0.39, 0.29) is 17.9 Å². The molecule has 0 radical (unpaired) electrons. The molecule has 4 amide bonds. The Labute approximate surface area is 174 Å². The Kier molecular flexibility index (Phi) is 4.64. The molecule has 2 aromatic rings. The minimum atomic E-state index is -1.34. The number of hydrogen-bond donors (Lipinski definition) is 1. The fourth-order valence-electron chi connectivity index (χ4n) is 4.23. The van der Waals surface area contributed by atoms with Gasteiger partial charge in [0.15, 0.2) is 0 Å². The summed E-state index contributed by atoms with van der Waals surface area (Å²) in [5, 5.41) is 2.65. The number of amides is 4. The highest BCUT2D eigenvalue weighted by Crippen LogP contribution is 2.39. The first-order valence-corrected chi connectivity index (χ1v) is 9.93. The van der Waals surface area contributed by atoms with E-state index in [9.17, 15) is 18.8 Å². The van der Waals surface area contributed by atoms with E-state index in [0.717, 1.165) is 22.6 Å². The number of carbonyl (C=O) groups is 3. The van der Waals surface area contributed by atoms with Gasteiger partial charge in [-0.25, -0.2) is 9.18 Å². The molecule has 1 N–H and O–H groups in total. The zero-order valence-corrected chi connectivity index (χ0v) is 17.2. The molecule has 0 saturated carbocycles. The highest BCUT2D eigenvalue weighted by molar-refractivity contribution is 6.10. The predicted molar refractivity (Wildman–Crippen MR) is 110 cm³/mol. The number of carbonyl (C=O) groups excluding carboxylic acids is 3. The molecule has 6 nitrogen and oxygen atoms in total. The molecule has 4 rings (SSSR count). The van der Waals surface area contributed by atoms with Crippen LogP contribution in [0.1, 0.15) is 38.3 Å². The predicted octanol–water partition coefficient (Wildman–Crippen LogP) is 3.31. The number of benzene rings is 2. The quantitative estimate of drug-likeness (QED) is 0.791. The van der Waals surface area contributed by atoms with Crippen LogP contribution in [0.5, 0.6) is 0 Å². The van der Waals surface area contributed by atoms with Crippen molar-refractivity contribution in [2.75, 3.05) is 18.0 Å². The van der Waals surface area contributed by atoms with E-state index in [1.165, 1.54) is 24.3 Å². The summed E-state index contributed by atoms with van der Waals surface area (Å²) in [6.45, 7) is 6.00. The van der Waals surface area contributed by atoms with Crippen molar-refractivity contribution >= 4 is 23.5 Å². The van der Waals surface area contributed by atoms with Crippen molar-refractivity contribution in [1.29, 1.82) is 0 Å². The monoisotopic (exact) mass is 409 g/mol. The fourth-order valence-corrected chi connectivity index (χ4v) is 4.23. The van der Waals surface area contributed by atoms with Crippen molar-refractivity contribution in [3.8, 4) is 0 Å². The maximum absolute atomic E-state index is 13.3. The third kappa shape index (κ3) is 3.14. The summed E-state index contributed by atoms with van der Waals surface area (Å²) in [7, 11) is 0. The van der Waals surface area contributed by atoms with Crippen LogP contribution in [0.4, 0.5) is 14.9 Å². The average molecular weight is 409 g/mol. The number of halogens is 1. The lowest BCUT2D eigenvalue weighted by molar-refractivity contribution is -0.134. The molecule has 2 aliphatic heterocycles. The van der Waals surface area contributed by atoms with Crippen molar-refractivity contribution in [3.05, 3.63) is 65.5 Å². The van der Waals surface area contributed by atoms with Gasteiger partial charge in [-0.05, 0) is 48.1 Å². The van der Waals surface area contributed by atoms with Crippen molar-refractivity contribution in [3.63, 3.8) is 0 Å². The van der Waals surface area contributed by atoms with E-state index in [1.807, 2.05) is 24.3 Å². The zero-order chi connectivity index (χ0) is 21.7. The molecule has 0 bridgehead atoms. The lowest BCUT2D eigenvalue weighted by Gasteiger charge is -2.39. The third-order valence-corrected chi connectivity index (χ3v) is 6.18. The third-order valence-electron chi connectivity index (χ3n) is 6.18. The number of nitrogens with one attached hydrogen (secondary N) is 1. The van der Waals surface area contributed by atoms with E-state index >= 15 is 0 Å². The van der Waals surface area contributed by atoms with E-state index in [1.54, 1.807) is 11.8 Å². The maximum atomic E-state index is 13.3. The van der Waals surface area contributed by atoms with Crippen LogP contribution >= 0.6 is 0 Å². The fraction of sp³-hybridized carbons (Fsp3) is 0.348. The molecule has 1 atom stereocenters. The van der Waals surface area contributed by atoms with Crippen molar-refractivity contribution in [2.45, 2.75) is 38.1 Å². The Bertz CT molecular complexity index is 1030. The molecule has 1 fully saturated rings. The normalized spacial score (nSPS) is 22.7. The Morgan fingerprint density at radius 1 is 1.07 bits per heavy atom. The van der Waals surface area contributed by atoms with Gasteiger partial charge in [-0.2, -0.15) is 0 Å². The van der Waals surface area contributed by atoms with Gasteiger partial charge in [-0.1, -0.05) is 44.2 Å². The van der Waals surface area contributed by atoms with Crippen LogP contribution in [0.2, 0.25) is 0 Å². The number of rotatable bonds is 3. The number of urea groups is 1. The minimum absolute atomic E-state index is 0.0602. The van der Waals surface area contributed by atoms with Crippen LogP contribution in [-0.4, -0.2) is 35.8 Å². The summed E-state index contributed by atoms with van der Waals surface area (Å²) in [6.07, 6.45) is 0.781. The Morgan fingerprint density at radius 2 is 1.73 bits per heavy atom. The second-order valence-electron chi connectivity index (χ2n) is 8.65. The van der Waals surface area contributed by atoms with Gasteiger partial charge < -0.3 is 10.2 Å². The second-order valence-corrected chi connectivity index (χ2v) is 8.65. The smallest absolute Gasteiger partial charge is 0.319 e. The average Bonchev–Trinajstić information content (AvgIpc) is 2.92. The molecule has 156 valence electrons. The van der Waals surface area contributed by atoms with Gasteiger partial charge in [-0.15, -0.1) is 0 Å². The van der Waals surface area contributed by atoms with Crippen LogP contribution in [0.15, 0.2) is 48.5 Å². The number of anilines is 1. The van der Waals surface area contributed by atoms with Gasteiger partial charge in [0.25, 0.3) is 5.91 Å². The lowest BCUT2D eigenvalue weighted by Crippen LogP contribution is -2.47. The molecular weight excluding hydrogens is 385 g/mol. The minimum Gasteiger partial charge on any atom is -0.319 e. The van der Waals surface area contributed by atoms with E-state index in [0.29, 0.717) is 12.1 Å². The van der Waals surface area contributed by atoms with Gasteiger partial charge in [0.2, 0.25) is 5.91 Å². The number of imide groups is 1. The molecule has 0 aliphatic carbocycles. The molecule has 2 heterocycles.